The van der Waals surface area contributed by atoms with Gasteiger partial charge in [0.25, 0.3) is 0 Å². The first-order chi connectivity index (χ1) is 7.49. The average molecular weight is 306 g/mol. The third-order valence-electron chi connectivity index (χ3n) is 2.74. The average Bonchev–Trinajstić information content (AvgIpc) is 1.89. The highest BCUT2D eigenvalue weighted by atomic mass is 32.2. The van der Waals surface area contributed by atoms with Crippen molar-refractivity contribution in [3.05, 3.63) is 0 Å². The molecule has 0 aromatic rings. The summed E-state index contributed by atoms with van der Waals surface area (Å²) in [6.45, 7) is 30.1. The van der Waals surface area contributed by atoms with Gasteiger partial charge in [-0.3, -0.25) is 0 Å². The van der Waals surface area contributed by atoms with Crippen molar-refractivity contribution in [3.8, 4) is 0 Å². The monoisotopic (exact) mass is 306 g/mol. The highest BCUT2D eigenvalue weighted by Crippen LogP contribution is 2.87. The zero-order valence-electron chi connectivity index (χ0n) is 14.9. The maximum absolute atomic E-state index is 2.59. The van der Waals surface area contributed by atoms with Gasteiger partial charge in [-0.1, -0.05) is 96.7 Å². The zero-order chi connectivity index (χ0) is 15.2. The molecule has 0 nitrogen and oxygen atoms in total. The first-order valence-corrected chi connectivity index (χ1v) is 14.8. The fourth-order valence-corrected chi connectivity index (χ4v) is 33.7. The van der Waals surface area contributed by atoms with Crippen molar-refractivity contribution in [1.82, 2.24) is 0 Å². The van der Waals surface area contributed by atoms with Crippen molar-refractivity contribution in [2.75, 3.05) is 0 Å². The SMILES string of the molecule is CC(C)(C)P(P(C(C)(C)C)[Si](C)(C)C)C(C)(C)C. The second-order valence-corrected chi connectivity index (χ2v) is 27.8. The predicted octanol–water partition coefficient (Wildman–Crippen LogP) is 7.10. The Kier molecular flexibility index (Phi) is 5.78. The molecule has 0 aromatic heterocycles. The summed E-state index contributed by atoms with van der Waals surface area (Å²) in [5, 5.41) is 1.42. The Morgan fingerprint density at radius 1 is 0.556 bits per heavy atom. The molecule has 0 heterocycles. The van der Waals surface area contributed by atoms with Gasteiger partial charge in [-0.25, -0.2) is 0 Å². The van der Waals surface area contributed by atoms with Crippen molar-refractivity contribution < 1.29 is 0 Å². The molecule has 18 heavy (non-hydrogen) atoms. The maximum atomic E-state index is 2.59. The number of hydrogen-bond acceptors (Lipinski definition) is 0. The molecule has 0 N–H and O–H groups in total. The van der Waals surface area contributed by atoms with Crippen molar-refractivity contribution in [1.29, 1.82) is 0 Å². The van der Waals surface area contributed by atoms with Crippen LogP contribution in [-0.2, 0) is 0 Å². The van der Waals surface area contributed by atoms with E-state index in [1.54, 1.807) is 0 Å². The van der Waals surface area contributed by atoms with Crippen LogP contribution in [0.15, 0.2) is 0 Å². The summed E-state index contributed by atoms with van der Waals surface area (Å²) in [5.41, 5.74) is 0. The van der Waals surface area contributed by atoms with E-state index in [0.29, 0.717) is 15.5 Å². The summed E-state index contributed by atoms with van der Waals surface area (Å²) in [4.78, 5) is 0. The van der Waals surface area contributed by atoms with Crippen LogP contribution in [0.25, 0.3) is 0 Å². The van der Waals surface area contributed by atoms with Gasteiger partial charge in [0.1, 0.15) is 0 Å². The van der Waals surface area contributed by atoms with Gasteiger partial charge in [-0.2, -0.15) is 0 Å². The Hall–Kier alpha value is 1.08. The van der Waals surface area contributed by atoms with Gasteiger partial charge in [0.2, 0.25) is 0 Å². The van der Waals surface area contributed by atoms with Crippen molar-refractivity contribution >= 4 is 22.5 Å². The lowest BCUT2D eigenvalue weighted by molar-refractivity contribution is 0.715. The van der Waals surface area contributed by atoms with Gasteiger partial charge < -0.3 is 0 Å². The Labute approximate surface area is 120 Å². The molecule has 3 heteroatoms. The number of rotatable bonds is 2. The highest BCUT2D eigenvalue weighted by molar-refractivity contribution is 8.45. The standard InChI is InChI=1S/C15H36P2Si/c1-13(2,3)16(14(4,5)6)17(15(7,8)9)18(10,11)12/h1-12H3. The van der Waals surface area contributed by atoms with Crippen LogP contribution < -0.4 is 0 Å². The van der Waals surface area contributed by atoms with E-state index >= 15 is 0 Å². The van der Waals surface area contributed by atoms with Gasteiger partial charge in [0.15, 0.2) is 0 Å². The lowest BCUT2D eigenvalue weighted by atomic mass is 10.2. The van der Waals surface area contributed by atoms with Crippen LogP contribution in [0, 0.1) is 0 Å². The largest absolute Gasteiger partial charge is 0.0874 e. The normalized spacial score (nSPS) is 17.2. The zero-order valence-corrected chi connectivity index (χ0v) is 17.7. The van der Waals surface area contributed by atoms with Crippen molar-refractivity contribution in [2.24, 2.45) is 0 Å². The fraction of sp³-hybridized carbons (Fsp3) is 1.00. The minimum atomic E-state index is -1.11. The molecule has 1 unspecified atom stereocenters. The Balaban J connectivity index is 5.84. The Morgan fingerprint density at radius 2 is 0.833 bits per heavy atom. The van der Waals surface area contributed by atoms with Crippen LogP contribution in [0.1, 0.15) is 62.3 Å². The molecule has 0 spiro atoms. The summed E-state index contributed by atoms with van der Waals surface area (Å²) in [5.74, 6) is 0. The van der Waals surface area contributed by atoms with Crippen LogP contribution >= 0.6 is 14.8 Å². The van der Waals surface area contributed by atoms with E-state index in [4.69, 9.17) is 0 Å². The molecule has 1 atom stereocenters. The van der Waals surface area contributed by atoms with Crippen LogP contribution in [-0.4, -0.2) is 23.2 Å². The molecule has 110 valence electrons. The van der Waals surface area contributed by atoms with E-state index in [2.05, 4.69) is 82.0 Å². The molecule has 0 rings (SSSR count). The van der Waals surface area contributed by atoms with Crippen molar-refractivity contribution in [3.63, 3.8) is 0 Å². The molecule has 0 aliphatic carbocycles. The molecule has 0 saturated heterocycles. The Morgan fingerprint density at radius 3 is 0.889 bits per heavy atom. The molecule has 0 amide bonds. The minimum absolute atomic E-state index is 0.0442. The summed E-state index contributed by atoms with van der Waals surface area (Å²) < 4.78 is 0. The lowest BCUT2D eigenvalue weighted by Crippen LogP contribution is -2.35. The first-order valence-electron chi connectivity index (χ1n) is 7.09. The van der Waals surface area contributed by atoms with E-state index in [0.717, 1.165) is 0 Å². The highest BCUT2D eigenvalue weighted by Gasteiger charge is 2.49. The second-order valence-electron chi connectivity index (χ2n) is 9.31. The van der Waals surface area contributed by atoms with Crippen LogP contribution in [0.2, 0.25) is 19.6 Å². The predicted molar refractivity (Wildman–Crippen MR) is 96.4 cm³/mol. The first kappa shape index (κ1) is 19.1. The van der Waals surface area contributed by atoms with E-state index in [-0.39, 0.29) is 14.8 Å². The van der Waals surface area contributed by atoms with Gasteiger partial charge in [0.05, 0.1) is 7.74 Å². The molecule has 0 aliphatic heterocycles. The van der Waals surface area contributed by atoms with Gasteiger partial charge in [0, 0.05) is 0 Å². The smallest absolute Gasteiger partial charge is 0.0778 e. The molecular formula is C15H36P2Si. The molecule has 0 fully saturated rings. The number of hydrogen-bond donors (Lipinski definition) is 0. The summed E-state index contributed by atoms with van der Waals surface area (Å²) >= 11 is 0. The molecule has 0 aromatic carbocycles. The van der Waals surface area contributed by atoms with E-state index in [1.165, 1.54) is 0 Å². The third-order valence-corrected chi connectivity index (χ3v) is 27.8. The summed E-state index contributed by atoms with van der Waals surface area (Å²) in [7, 11) is -0.945. The van der Waals surface area contributed by atoms with E-state index in [9.17, 15) is 0 Å². The van der Waals surface area contributed by atoms with Gasteiger partial charge in [-0.15, -0.1) is 0 Å². The molecule has 0 saturated carbocycles. The molecule has 0 bridgehead atoms. The maximum Gasteiger partial charge on any atom is 0.0778 e. The van der Waals surface area contributed by atoms with E-state index in [1.807, 2.05) is 0 Å². The van der Waals surface area contributed by atoms with Gasteiger partial charge in [-0.05, 0) is 15.5 Å². The van der Waals surface area contributed by atoms with E-state index < -0.39 is 7.74 Å². The van der Waals surface area contributed by atoms with Crippen LogP contribution in [0.4, 0.5) is 0 Å². The molecule has 0 aliphatic rings. The Bertz CT molecular complexity index is 213. The summed E-state index contributed by atoms with van der Waals surface area (Å²) in [6.07, 6.45) is 0. The lowest BCUT2D eigenvalue weighted by Gasteiger charge is -2.55. The topological polar surface area (TPSA) is 0 Å². The van der Waals surface area contributed by atoms with Crippen LogP contribution in [0.3, 0.4) is 0 Å². The third kappa shape index (κ3) is 5.22. The van der Waals surface area contributed by atoms with Crippen molar-refractivity contribution in [2.45, 2.75) is 97.4 Å². The minimum Gasteiger partial charge on any atom is -0.0874 e. The second kappa shape index (κ2) is 5.46. The fourth-order valence-electron chi connectivity index (χ4n) is 3.21. The van der Waals surface area contributed by atoms with Gasteiger partial charge >= 0.3 is 0 Å². The molecular weight excluding hydrogens is 270 g/mol. The quantitative estimate of drug-likeness (QED) is 0.377. The summed E-state index contributed by atoms with van der Waals surface area (Å²) in [6, 6.07) is 0. The van der Waals surface area contributed by atoms with Crippen LogP contribution in [0.5, 0.6) is 0 Å². The molecule has 0 radical (unpaired) electrons.